The molecule has 0 bridgehead atoms. The number of nitrogens with zero attached hydrogens (tertiary/aromatic N) is 2. The highest BCUT2D eigenvalue weighted by Crippen LogP contribution is 2.33. The topological polar surface area (TPSA) is 43.6 Å². The maximum absolute atomic E-state index is 12.5. The highest BCUT2D eigenvalue weighted by molar-refractivity contribution is 6.30. The van der Waals surface area contributed by atoms with Crippen LogP contribution in [0.1, 0.15) is 31.9 Å². The van der Waals surface area contributed by atoms with Crippen molar-refractivity contribution in [2.75, 3.05) is 6.61 Å². The first-order valence-corrected chi connectivity index (χ1v) is 8.43. The van der Waals surface area contributed by atoms with Crippen LogP contribution in [0.2, 0.25) is 5.02 Å². The van der Waals surface area contributed by atoms with Gasteiger partial charge in [-0.1, -0.05) is 48.9 Å². The molecule has 0 radical (unpaired) electrons. The summed E-state index contributed by atoms with van der Waals surface area (Å²) in [5.74, 6) is -0.606. The van der Waals surface area contributed by atoms with Gasteiger partial charge in [0.1, 0.15) is 5.65 Å². The summed E-state index contributed by atoms with van der Waals surface area (Å²) in [5.41, 5.74) is 3.32. The van der Waals surface area contributed by atoms with E-state index >= 15 is 0 Å². The van der Waals surface area contributed by atoms with E-state index in [1.165, 1.54) is 0 Å². The number of benzene rings is 1. The van der Waals surface area contributed by atoms with Crippen LogP contribution in [-0.2, 0) is 9.53 Å². The molecule has 0 aliphatic rings. The van der Waals surface area contributed by atoms with E-state index in [1.807, 2.05) is 54.8 Å². The van der Waals surface area contributed by atoms with Gasteiger partial charge in [0.25, 0.3) is 0 Å². The van der Waals surface area contributed by atoms with Crippen molar-refractivity contribution in [2.24, 2.45) is 0 Å². The summed E-state index contributed by atoms with van der Waals surface area (Å²) in [6, 6.07) is 13.5. The normalized spacial score (nSPS) is 12.3. The predicted octanol–water partition coefficient (Wildman–Crippen LogP) is 4.71. The van der Waals surface area contributed by atoms with Crippen LogP contribution in [0.3, 0.4) is 0 Å². The zero-order valence-electron chi connectivity index (χ0n) is 13.7. The van der Waals surface area contributed by atoms with Gasteiger partial charge < -0.3 is 9.14 Å². The van der Waals surface area contributed by atoms with Crippen LogP contribution >= 0.6 is 11.6 Å². The van der Waals surface area contributed by atoms with E-state index in [-0.39, 0.29) is 11.9 Å². The third-order valence-electron chi connectivity index (χ3n) is 3.98. The monoisotopic (exact) mass is 342 g/mol. The van der Waals surface area contributed by atoms with E-state index < -0.39 is 0 Å². The minimum Gasteiger partial charge on any atom is -0.465 e. The Morgan fingerprint density at radius 2 is 2.00 bits per heavy atom. The zero-order chi connectivity index (χ0) is 17.1. The number of imidazole rings is 1. The molecule has 3 aromatic rings. The highest BCUT2D eigenvalue weighted by Gasteiger charge is 2.28. The molecule has 1 atom stereocenters. The van der Waals surface area contributed by atoms with Crippen molar-refractivity contribution in [3.8, 4) is 11.3 Å². The molecular weight excluding hydrogens is 324 g/mol. The van der Waals surface area contributed by atoms with Crippen LogP contribution in [0, 0.1) is 0 Å². The molecule has 2 aromatic heterocycles. The Kier molecular flexibility index (Phi) is 4.86. The molecule has 0 fully saturated rings. The van der Waals surface area contributed by atoms with Crippen molar-refractivity contribution in [1.82, 2.24) is 9.38 Å². The number of hydrogen-bond donors (Lipinski definition) is 0. The molecule has 0 amide bonds. The van der Waals surface area contributed by atoms with E-state index in [0.29, 0.717) is 18.1 Å². The molecule has 5 heteroatoms. The van der Waals surface area contributed by atoms with Crippen LogP contribution < -0.4 is 0 Å². The first kappa shape index (κ1) is 16.5. The van der Waals surface area contributed by atoms with Crippen molar-refractivity contribution >= 4 is 23.2 Å². The lowest BCUT2D eigenvalue weighted by Gasteiger charge is -2.15. The number of carbonyl (C=O) groups excluding carboxylic acids is 1. The van der Waals surface area contributed by atoms with Crippen LogP contribution in [0.4, 0.5) is 0 Å². The third-order valence-corrected chi connectivity index (χ3v) is 4.22. The number of fused-ring (bicyclic) bond motifs is 1. The molecule has 24 heavy (non-hydrogen) atoms. The van der Waals surface area contributed by atoms with Gasteiger partial charge in [0.15, 0.2) is 0 Å². The van der Waals surface area contributed by atoms with Gasteiger partial charge in [-0.05, 0) is 19.4 Å². The van der Waals surface area contributed by atoms with Gasteiger partial charge in [0.2, 0.25) is 0 Å². The quantitative estimate of drug-likeness (QED) is 0.630. The second kappa shape index (κ2) is 7.05. The largest absolute Gasteiger partial charge is 0.465 e. The Labute approximate surface area is 146 Å². The molecule has 1 unspecified atom stereocenters. The van der Waals surface area contributed by atoms with Crippen molar-refractivity contribution in [1.29, 1.82) is 0 Å². The Hall–Kier alpha value is -2.33. The van der Waals surface area contributed by atoms with E-state index in [2.05, 4.69) is 0 Å². The zero-order valence-corrected chi connectivity index (χ0v) is 14.5. The SMILES string of the molecule is CCOC(=O)C(CC)c1c(-c2ccccc2)nc2cc(Cl)ccn12. The van der Waals surface area contributed by atoms with Crippen molar-refractivity contribution in [2.45, 2.75) is 26.2 Å². The summed E-state index contributed by atoms with van der Waals surface area (Å²) < 4.78 is 7.21. The summed E-state index contributed by atoms with van der Waals surface area (Å²) in [6.07, 6.45) is 2.49. The Morgan fingerprint density at radius 3 is 2.67 bits per heavy atom. The number of rotatable bonds is 5. The van der Waals surface area contributed by atoms with E-state index in [9.17, 15) is 4.79 Å². The van der Waals surface area contributed by atoms with Crippen molar-refractivity contribution in [3.63, 3.8) is 0 Å². The summed E-state index contributed by atoms with van der Waals surface area (Å²) in [7, 11) is 0. The minimum atomic E-state index is -0.378. The number of ether oxygens (including phenoxy) is 1. The van der Waals surface area contributed by atoms with Gasteiger partial charge in [0.05, 0.1) is 23.9 Å². The molecule has 0 saturated heterocycles. The van der Waals surface area contributed by atoms with Crippen molar-refractivity contribution in [3.05, 3.63) is 59.4 Å². The molecule has 124 valence electrons. The third kappa shape index (κ3) is 3.02. The average Bonchev–Trinajstić information content (AvgIpc) is 2.95. The second-order valence-electron chi connectivity index (χ2n) is 5.50. The first-order chi connectivity index (χ1) is 11.7. The number of esters is 1. The molecular formula is C19H19ClN2O2. The molecule has 0 aliphatic heterocycles. The van der Waals surface area contributed by atoms with Gasteiger partial charge in [-0.25, -0.2) is 4.98 Å². The fourth-order valence-electron chi connectivity index (χ4n) is 2.89. The predicted molar refractivity (Wildman–Crippen MR) is 95.3 cm³/mol. The summed E-state index contributed by atoms with van der Waals surface area (Å²) in [4.78, 5) is 17.2. The van der Waals surface area contributed by atoms with Gasteiger partial charge in [0, 0.05) is 22.8 Å². The van der Waals surface area contributed by atoms with E-state index in [0.717, 1.165) is 22.6 Å². The summed E-state index contributed by atoms with van der Waals surface area (Å²) >= 11 is 6.11. The van der Waals surface area contributed by atoms with Gasteiger partial charge in [-0.3, -0.25) is 4.79 Å². The van der Waals surface area contributed by atoms with Crippen LogP contribution in [0.25, 0.3) is 16.9 Å². The average molecular weight is 343 g/mol. The maximum atomic E-state index is 12.5. The molecule has 0 spiro atoms. The standard InChI is InChI=1S/C19H19ClN2O2/c1-3-15(19(23)24-4-2)18-17(13-8-6-5-7-9-13)21-16-12-14(20)10-11-22(16)18/h5-12,15H,3-4H2,1-2H3. The van der Waals surface area contributed by atoms with Crippen LogP contribution in [-0.4, -0.2) is 22.0 Å². The lowest BCUT2D eigenvalue weighted by Crippen LogP contribution is -2.17. The number of hydrogen-bond acceptors (Lipinski definition) is 3. The molecule has 4 nitrogen and oxygen atoms in total. The van der Waals surface area contributed by atoms with E-state index in [4.69, 9.17) is 21.3 Å². The lowest BCUT2D eigenvalue weighted by molar-refractivity contribution is -0.145. The Balaban J connectivity index is 2.25. The van der Waals surface area contributed by atoms with Gasteiger partial charge in [-0.15, -0.1) is 0 Å². The fourth-order valence-corrected chi connectivity index (χ4v) is 3.05. The lowest BCUT2D eigenvalue weighted by atomic mass is 9.97. The number of carbonyl (C=O) groups is 1. The summed E-state index contributed by atoms with van der Waals surface area (Å²) in [6.45, 7) is 4.15. The molecule has 0 N–H and O–H groups in total. The number of halogens is 1. The van der Waals surface area contributed by atoms with Crippen molar-refractivity contribution < 1.29 is 9.53 Å². The molecule has 0 aliphatic carbocycles. The molecule has 0 saturated carbocycles. The van der Waals surface area contributed by atoms with Gasteiger partial charge in [-0.2, -0.15) is 0 Å². The molecule has 2 heterocycles. The smallest absolute Gasteiger partial charge is 0.315 e. The molecule has 1 aromatic carbocycles. The Bertz CT molecular complexity index is 858. The molecule has 3 rings (SSSR count). The van der Waals surface area contributed by atoms with Crippen LogP contribution in [0.5, 0.6) is 0 Å². The van der Waals surface area contributed by atoms with Gasteiger partial charge >= 0.3 is 5.97 Å². The fraction of sp³-hybridized carbons (Fsp3) is 0.263. The van der Waals surface area contributed by atoms with Crippen LogP contribution in [0.15, 0.2) is 48.7 Å². The second-order valence-corrected chi connectivity index (χ2v) is 5.93. The van der Waals surface area contributed by atoms with E-state index in [1.54, 1.807) is 12.1 Å². The highest BCUT2D eigenvalue weighted by atomic mass is 35.5. The Morgan fingerprint density at radius 1 is 1.25 bits per heavy atom. The number of pyridine rings is 1. The minimum absolute atomic E-state index is 0.228. The number of aromatic nitrogens is 2. The maximum Gasteiger partial charge on any atom is 0.315 e. The first-order valence-electron chi connectivity index (χ1n) is 8.05. The summed E-state index contributed by atoms with van der Waals surface area (Å²) in [5, 5.41) is 0.614.